The van der Waals surface area contributed by atoms with Gasteiger partial charge in [-0.1, -0.05) is 35.9 Å². The summed E-state index contributed by atoms with van der Waals surface area (Å²) < 4.78 is 0. The fraction of sp³-hybridized carbons (Fsp3) is 0.190. The third-order valence-corrected chi connectivity index (χ3v) is 5.02. The summed E-state index contributed by atoms with van der Waals surface area (Å²) >= 11 is 6.00. The molecule has 5 nitrogen and oxygen atoms in total. The van der Waals surface area contributed by atoms with Gasteiger partial charge in [-0.15, -0.1) is 0 Å². The van der Waals surface area contributed by atoms with Gasteiger partial charge < -0.3 is 4.90 Å². The number of amides is 3. The van der Waals surface area contributed by atoms with Crippen molar-refractivity contribution in [2.24, 2.45) is 0 Å². The lowest BCUT2D eigenvalue weighted by molar-refractivity contribution is -0.121. The van der Waals surface area contributed by atoms with E-state index in [1.165, 1.54) is 0 Å². The summed E-state index contributed by atoms with van der Waals surface area (Å²) in [6.45, 7) is 3.84. The van der Waals surface area contributed by atoms with E-state index in [0.717, 1.165) is 10.6 Å². The van der Waals surface area contributed by atoms with Gasteiger partial charge in [0.25, 0.3) is 11.8 Å². The third-order valence-electron chi connectivity index (χ3n) is 4.79. The van der Waals surface area contributed by atoms with Crippen LogP contribution in [0.25, 0.3) is 5.57 Å². The van der Waals surface area contributed by atoms with Crippen molar-refractivity contribution in [1.29, 1.82) is 0 Å². The summed E-state index contributed by atoms with van der Waals surface area (Å²) in [5.74, 6) is -1.07. The highest BCUT2D eigenvalue weighted by Crippen LogP contribution is 2.42. The second kappa shape index (κ2) is 6.35. The first kappa shape index (κ1) is 17.5. The maximum absolute atomic E-state index is 13.1. The van der Waals surface area contributed by atoms with Crippen LogP contribution in [-0.2, 0) is 14.4 Å². The Morgan fingerprint density at radius 1 is 0.963 bits per heavy atom. The number of benzene rings is 2. The van der Waals surface area contributed by atoms with Gasteiger partial charge in [-0.05, 0) is 38.1 Å². The second-order valence-electron chi connectivity index (χ2n) is 6.83. The van der Waals surface area contributed by atoms with E-state index in [1.807, 2.05) is 38.1 Å². The Hall–Kier alpha value is -2.92. The van der Waals surface area contributed by atoms with Gasteiger partial charge >= 0.3 is 0 Å². The van der Waals surface area contributed by atoms with Crippen LogP contribution in [0.5, 0.6) is 0 Å². The van der Waals surface area contributed by atoms with Crippen molar-refractivity contribution in [3.05, 3.63) is 64.7 Å². The summed E-state index contributed by atoms with van der Waals surface area (Å²) in [6.07, 6.45) is -0.104. The van der Waals surface area contributed by atoms with E-state index in [9.17, 15) is 14.4 Å². The van der Waals surface area contributed by atoms with Crippen molar-refractivity contribution >= 4 is 46.3 Å². The highest BCUT2D eigenvalue weighted by Gasteiger charge is 2.43. The third kappa shape index (κ3) is 2.66. The molecule has 2 heterocycles. The molecule has 0 radical (unpaired) electrons. The predicted octanol–water partition coefficient (Wildman–Crippen LogP) is 3.81. The molecule has 4 rings (SSSR count). The Morgan fingerprint density at radius 2 is 1.70 bits per heavy atom. The number of carbonyl (C=O) groups is 3. The lowest BCUT2D eigenvalue weighted by Gasteiger charge is -2.21. The molecule has 3 amide bonds. The van der Waals surface area contributed by atoms with Gasteiger partial charge in [0.15, 0.2) is 0 Å². The summed E-state index contributed by atoms with van der Waals surface area (Å²) in [5, 5.41) is 0.433. The second-order valence-corrected chi connectivity index (χ2v) is 7.27. The molecule has 0 unspecified atom stereocenters. The molecule has 2 aliphatic heterocycles. The van der Waals surface area contributed by atoms with Gasteiger partial charge in [-0.2, -0.15) is 0 Å². The zero-order chi connectivity index (χ0) is 19.3. The fourth-order valence-corrected chi connectivity index (χ4v) is 3.85. The monoisotopic (exact) mass is 380 g/mol. The molecule has 0 bridgehead atoms. The van der Waals surface area contributed by atoms with E-state index < -0.39 is 5.91 Å². The molecular weight excluding hydrogens is 364 g/mol. The summed E-state index contributed by atoms with van der Waals surface area (Å²) in [7, 11) is 0. The molecule has 136 valence electrons. The summed E-state index contributed by atoms with van der Waals surface area (Å²) in [5.41, 5.74) is 2.43. The van der Waals surface area contributed by atoms with Crippen LogP contribution < -0.4 is 9.80 Å². The Labute approximate surface area is 161 Å². The van der Waals surface area contributed by atoms with Crippen LogP contribution >= 0.6 is 11.6 Å². The number of rotatable bonds is 2. The summed E-state index contributed by atoms with van der Waals surface area (Å²) in [6, 6.07) is 13.9. The molecule has 2 aromatic rings. The van der Waals surface area contributed by atoms with Gasteiger partial charge in [-0.3, -0.25) is 14.4 Å². The largest absolute Gasteiger partial charge is 0.305 e. The molecule has 1 saturated heterocycles. The van der Waals surface area contributed by atoms with Crippen LogP contribution in [0.2, 0.25) is 5.02 Å². The number of fused-ring (bicyclic) bond motifs is 1. The zero-order valence-corrected chi connectivity index (χ0v) is 15.7. The Morgan fingerprint density at radius 3 is 2.41 bits per heavy atom. The van der Waals surface area contributed by atoms with Gasteiger partial charge in [0.2, 0.25) is 5.91 Å². The van der Waals surface area contributed by atoms with Crippen molar-refractivity contribution in [3.63, 3.8) is 0 Å². The molecule has 2 aliphatic rings. The van der Waals surface area contributed by atoms with Crippen LogP contribution in [0.1, 0.15) is 25.8 Å². The fourth-order valence-electron chi connectivity index (χ4n) is 3.67. The molecule has 0 atom stereocenters. The quantitative estimate of drug-likeness (QED) is 0.588. The molecule has 0 spiro atoms. The normalized spacial score (nSPS) is 19.5. The van der Waals surface area contributed by atoms with Crippen LogP contribution in [0, 0.1) is 0 Å². The van der Waals surface area contributed by atoms with E-state index in [2.05, 4.69) is 0 Å². The number of para-hydroxylation sites is 1. The molecule has 6 heteroatoms. The lowest BCUT2D eigenvalue weighted by Crippen LogP contribution is -2.34. The lowest BCUT2D eigenvalue weighted by atomic mass is 10.00. The molecule has 0 aromatic heterocycles. The summed E-state index contributed by atoms with van der Waals surface area (Å²) in [4.78, 5) is 41.5. The van der Waals surface area contributed by atoms with Crippen LogP contribution in [0.3, 0.4) is 0 Å². The first-order valence-corrected chi connectivity index (χ1v) is 9.07. The first-order valence-electron chi connectivity index (χ1n) is 8.69. The Kier molecular flexibility index (Phi) is 4.12. The highest BCUT2D eigenvalue weighted by molar-refractivity contribution is 6.41. The number of halogens is 1. The smallest absolute Gasteiger partial charge is 0.262 e. The minimum atomic E-state index is -0.467. The number of carbonyl (C=O) groups excluding carboxylic acids is 3. The number of nitrogens with zero attached hydrogens (tertiary/aromatic N) is 2. The number of hydrogen-bond donors (Lipinski definition) is 0. The van der Waals surface area contributed by atoms with Gasteiger partial charge in [-0.25, -0.2) is 4.90 Å². The van der Waals surface area contributed by atoms with Crippen LogP contribution in [-0.4, -0.2) is 23.8 Å². The topological polar surface area (TPSA) is 57.7 Å². The van der Waals surface area contributed by atoms with Crippen molar-refractivity contribution in [3.8, 4) is 0 Å². The minimum Gasteiger partial charge on any atom is -0.305 e. The molecule has 27 heavy (non-hydrogen) atoms. The molecular formula is C21H17ClN2O3. The highest BCUT2D eigenvalue weighted by atomic mass is 35.5. The average molecular weight is 381 g/mol. The molecule has 0 saturated carbocycles. The van der Waals surface area contributed by atoms with Crippen molar-refractivity contribution in [2.75, 3.05) is 9.80 Å². The van der Waals surface area contributed by atoms with Gasteiger partial charge in [0, 0.05) is 22.2 Å². The Balaban J connectivity index is 1.86. The van der Waals surface area contributed by atoms with Gasteiger partial charge in [0.1, 0.15) is 0 Å². The molecule has 2 aromatic carbocycles. The molecule has 1 fully saturated rings. The predicted molar refractivity (Wildman–Crippen MR) is 105 cm³/mol. The van der Waals surface area contributed by atoms with Crippen molar-refractivity contribution in [1.82, 2.24) is 0 Å². The number of hydrogen-bond acceptors (Lipinski definition) is 3. The van der Waals surface area contributed by atoms with E-state index in [0.29, 0.717) is 21.8 Å². The van der Waals surface area contributed by atoms with E-state index in [1.54, 1.807) is 29.2 Å². The van der Waals surface area contributed by atoms with Crippen molar-refractivity contribution < 1.29 is 14.4 Å². The zero-order valence-electron chi connectivity index (χ0n) is 14.9. The van der Waals surface area contributed by atoms with Crippen molar-refractivity contribution in [2.45, 2.75) is 26.3 Å². The standard InChI is InChI=1S/C21H17ClN2O3/c1-12(2)23-17-9-4-3-8-15(17)19(21(23)27)16-11-18(25)24(20(16)26)14-7-5-6-13(22)10-14/h3-10,12H,11H2,1-2H3/b19-16-. The molecule has 0 N–H and O–H groups in total. The average Bonchev–Trinajstić information content (AvgIpc) is 3.07. The number of imide groups is 1. The Bertz CT molecular complexity index is 1030. The van der Waals surface area contributed by atoms with Crippen LogP contribution in [0.4, 0.5) is 11.4 Å². The maximum Gasteiger partial charge on any atom is 0.262 e. The van der Waals surface area contributed by atoms with Gasteiger partial charge in [0.05, 0.1) is 23.4 Å². The number of anilines is 2. The SMILES string of the molecule is CC(C)N1C(=O)/C(=C2/CC(=O)N(c3cccc(Cl)c3)C2=O)c2ccccc21. The maximum atomic E-state index is 13.1. The van der Waals surface area contributed by atoms with E-state index >= 15 is 0 Å². The molecule has 0 aliphatic carbocycles. The van der Waals surface area contributed by atoms with E-state index in [4.69, 9.17) is 11.6 Å². The van der Waals surface area contributed by atoms with E-state index in [-0.39, 0.29) is 29.9 Å². The first-order chi connectivity index (χ1) is 12.9. The minimum absolute atomic E-state index is 0.0620. The van der Waals surface area contributed by atoms with Crippen LogP contribution in [0.15, 0.2) is 54.1 Å².